The van der Waals surface area contributed by atoms with Crippen molar-refractivity contribution in [2.24, 2.45) is 0 Å². The van der Waals surface area contributed by atoms with Crippen LogP contribution in [0.3, 0.4) is 0 Å². The van der Waals surface area contributed by atoms with Gasteiger partial charge in [0.15, 0.2) is 5.69 Å². The number of nitrogens with zero attached hydrogens (tertiary/aromatic N) is 3. The Morgan fingerprint density at radius 2 is 1.91 bits per heavy atom. The number of aromatic nitrogens is 2. The van der Waals surface area contributed by atoms with Crippen molar-refractivity contribution < 1.29 is 22.0 Å². The van der Waals surface area contributed by atoms with Gasteiger partial charge >= 0.3 is 0 Å². The number of sulfonamides is 1. The van der Waals surface area contributed by atoms with Crippen molar-refractivity contribution in [2.45, 2.75) is 29.0 Å². The Hall–Kier alpha value is -2.47. The molecule has 1 aromatic carbocycles. The lowest BCUT2D eigenvalue weighted by atomic mass is 10.1. The highest BCUT2D eigenvalue weighted by molar-refractivity contribution is 7.99. The number of rotatable bonds is 6. The summed E-state index contributed by atoms with van der Waals surface area (Å²) in [5, 5.41) is 4.18. The van der Waals surface area contributed by atoms with Crippen LogP contribution in [-0.2, 0) is 10.0 Å². The van der Waals surface area contributed by atoms with Gasteiger partial charge in [-0.2, -0.15) is 0 Å². The molecule has 1 N–H and O–H groups in total. The molecule has 0 bridgehead atoms. The van der Waals surface area contributed by atoms with E-state index in [1.165, 1.54) is 41.0 Å². The molecule has 0 radical (unpaired) electrons. The first kappa shape index (κ1) is 23.7. The average Bonchev–Trinajstić information content (AvgIpc) is 3.19. The Kier molecular flexibility index (Phi) is 7.03. The van der Waals surface area contributed by atoms with E-state index in [9.17, 15) is 17.6 Å². The van der Waals surface area contributed by atoms with Crippen LogP contribution in [-0.4, -0.2) is 54.0 Å². The van der Waals surface area contributed by atoms with Crippen molar-refractivity contribution in [3.05, 3.63) is 59.1 Å². The normalized spacial score (nSPS) is 15.5. The van der Waals surface area contributed by atoms with Crippen LogP contribution in [0.1, 0.15) is 23.3 Å². The molecule has 0 spiro atoms. The summed E-state index contributed by atoms with van der Waals surface area (Å²) >= 11 is 7.01. The van der Waals surface area contributed by atoms with Crippen molar-refractivity contribution in [1.82, 2.24) is 19.6 Å². The Labute approximate surface area is 199 Å². The Bertz CT molecular complexity index is 1240. The van der Waals surface area contributed by atoms with Crippen molar-refractivity contribution in [3.8, 4) is 11.5 Å². The second-order valence-corrected chi connectivity index (χ2v) is 10.9. The fourth-order valence-electron chi connectivity index (χ4n) is 3.34. The summed E-state index contributed by atoms with van der Waals surface area (Å²) in [6.07, 6.45) is 3.63. The van der Waals surface area contributed by atoms with Crippen molar-refractivity contribution in [2.75, 3.05) is 19.3 Å². The molecule has 0 aliphatic carbocycles. The fraction of sp³-hybridized carbons (Fsp3) is 0.286. The zero-order valence-corrected chi connectivity index (χ0v) is 19.9. The number of piperidine rings is 1. The average molecular weight is 511 g/mol. The van der Waals surface area contributed by atoms with Crippen molar-refractivity contribution >= 4 is 39.3 Å². The minimum absolute atomic E-state index is 0.0709. The molecule has 1 saturated heterocycles. The number of nitrogens with one attached hydrogen (secondary N) is 1. The van der Waals surface area contributed by atoms with Crippen LogP contribution in [0.5, 0.6) is 0 Å². The van der Waals surface area contributed by atoms with Crippen molar-refractivity contribution in [1.29, 1.82) is 0 Å². The highest BCUT2D eigenvalue weighted by Crippen LogP contribution is 2.34. The lowest BCUT2D eigenvalue weighted by Gasteiger charge is -2.30. The predicted molar refractivity (Wildman–Crippen MR) is 122 cm³/mol. The summed E-state index contributed by atoms with van der Waals surface area (Å²) in [4.78, 5) is 21.7. The molecule has 4 rings (SSSR count). The number of pyridine rings is 1. The molecule has 174 valence electrons. The molecule has 12 heteroatoms. The van der Waals surface area contributed by atoms with Gasteiger partial charge < -0.3 is 9.73 Å². The third-order valence-electron chi connectivity index (χ3n) is 5.06. The number of halogens is 2. The Morgan fingerprint density at radius 1 is 1.21 bits per heavy atom. The molecule has 0 atom stereocenters. The maximum absolute atomic E-state index is 13.3. The number of oxazole rings is 1. The predicted octanol–water partition coefficient (Wildman–Crippen LogP) is 3.83. The smallest absolute Gasteiger partial charge is 0.274 e. The van der Waals surface area contributed by atoms with E-state index in [0.29, 0.717) is 41.5 Å². The third kappa shape index (κ3) is 5.91. The number of carbonyl (C=O) groups is 1. The van der Waals surface area contributed by atoms with Gasteiger partial charge in [0, 0.05) is 30.9 Å². The van der Waals surface area contributed by atoms with Gasteiger partial charge in [0.25, 0.3) is 5.91 Å². The van der Waals surface area contributed by atoms with E-state index in [2.05, 4.69) is 15.3 Å². The van der Waals surface area contributed by atoms with Gasteiger partial charge in [0.2, 0.25) is 21.0 Å². The summed E-state index contributed by atoms with van der Waals surface area (Å²) in [6.45, 7) is 0.666. The minimum atomic E-state index is -3.26. The minimum Gasteiger partial charge on any atom is -0.429 e. The number of carbonyl (C=O) groups excluding carboxylic acids is 1. The van der Waals surface area contributed by atoms with E-state index < -0.39 is 21.7 Å². The molecule has 1 aliphatic rings. The summed E-state index contributed by atoms with van der Waals surface area (Å²) < 4.78 is 44.0. The van der Waals surface area contributed by atoms with E-state index in [-0.39, 0.29) is 22.7 Å². The van der Waals surface area contributed by atoms with Crippen LogP contribution in [0.2, 0.25) is 5.02 Å². The summed E-state index contributed by atoms with van der Waals surface area (Å²) in [6, 6.07) is 8.74. The molecule has 0 saturated carbocycles. The SMILES string of the molecule is CS(=O)(=O)N1CCC(NC(=O)c2nc(-c3ccc(F)cc3)oc2Sc2ccc(Cl)cn2)CC1. The zero-order valence-electron chi connectivity index (χ0n) is 17.5. The quantitative estimate of drug-likeness (QED) is 0.537. The number of benzene rings is 1. The summed E-state index contributed by atoms with van der Waals surface area (Å²) in [5.41, 5.74) is 0.587. The first-order valence-electron chi connectivity index (χ1n) is 10.0. The molecule has 3 aromatic rings. The van der Waals surface area contributed by atoms with Gasteiger partial charge in [-0.05, 0) is 61.0 Å². The topological polar surface area (TPSA) is 105 Å². The summed E-state index contributed by atoms with van der Waals surface area (Å²) in [5.74, 6) is -0.673. The number of amides is 1. The third-order valence-corrected chi connectivity index (χ3v) is 7.50. The van der Waals surface area contributed by atoms with Gasteiger partial charge in [-0.25, -0.2) is 27.1 Å². The molecular weight excluding hydrogens is 491 g/mol. The monoisotopic (exact) mass is 510 g/mol. The lowest BCUT2D eigenvalue weighted by Crippen LogP contribution is -2.46. The molecule has 3 heterocycles. The maximum atomic E-state index is 13.3. The van der Waals surface area contributed by atoms with Gasteiger partial charge in [-0.1, -0.05) is 11.6 Å². The van der Waals surface area contributed by atoms with Crippen LogP contribution < -0.4 is 5.32 Å². The molecule has 1 amide bonds. The highest BCUT2D eigenvalue weighted by atomic mass is 35.5. The number of hydrogen-bond donors (Lipinski definition) is 1. The number of hydrogen-bond acceptors (Lipinski definition) is 7. The maximum Gasteiger partial charge on any atom is 0.274 e. The largest absolute Gasteiger partial charge is 0.429 e. The van der Waals surface area contributed by atoms with Crippen LogP contribution >= 0.6 is 23.4 Å². The van der Waals surface area contributed by atoms with Crippen molar-refractivity contribution in [3.63, 3.8) is 0 Å². The molecule has 33 heavy (non-hydrogen) atoms. The molecular formula is C21H20ClFN4O4S2. The molecule has 1 fully saturated rings. The second-order valence-electron chi connectivity index (χ2n) is 7.49. The summed E-state index contributed by atoms with van der Waals surface area (Å²) in [7, 11) is -3.26. The highest BCUT2D eigenvalue weighted by Gasteiger charge is 2.28. The molecule has 8 nitrogen and oxygen atoms in total. The van der Waals surface area contributed by atoms with Crippen LogP contribution in [0.25, 0.3) is 11.5 Å². The van der Waals surface area contributed by atoms with E-state index >= 15 is 0 Å². The fourth-order valence-corrected chi connectivity index (χ4v) is 5.11. The van der Waals surface area contributed by atoms with E-state index in [0.717, 1.165) is 11.8 Å². The molecule has 0 unspecified atom stereocenters. The molecule has 2 aromatic heterocycles. The van der Waals surface area contributed by atoms with Crippen LogP contribution in [0, 0.1) is 5.82 Å². The second kappa shape index (κ2) is 9.80. The van der Waals surface area contributed by atoms with Gasteiger partial charge in [-0.15, -0.1) is 0 Å². The molecule has 1 aliphatic heterocycles. The first-order chi connectivity index (χ1) is 15.7. The lowest BCUT2D eigenvalue weighted by molar-refractivity contribution is 0.0914. The van der Waals surface area contributed by atoms with E-state index in [4.69, 9.17) is 16.0 Å². The van der Waals surface area contributed by atoms with Gasteiger partial charge in [0.1, 0.15) is 10.8 Å². The Balaban J connectivity index is 1.56. The van der Waals surface area contributed by atoms with Crippen LogP contribution in [0.4, 0.5) is 4.39 Å². The van der Waals surface area contributed by atoms with Crippen LogP contribution in [0.15, 0.2) is 57.1 Å². The first-order valence-corrected chi connectivity index (χ1v) is 13.1. The van der Waals surface area contributed by atoms with Gasteiger partial charge in [0.05, 0.1) is 11.3 Å². The Morgan fingerprint density at radius 3 is 2.52 bits per heavy atom. The van der Waals surface area contributed by atoms with E-state index in [1.807, 2.05) is 0 Å². The van der Waals surface area contributed by atoms with E-state index in [1.54, 1.807) is 12.1 Å². The zero-order chi connectivity index (χ0) is 23.6. The standard InChI is InChI=1S/C21H20ClFN4O4S2/c1-33(29,30)27-10-8-16(9-11-27)25-19(28)18-21(32-17-7-4-14(22)12-24-17)31-20(26-18)13-2-5-15(23)6-3-13/h2-7,12,16H,8-11H2,1H3,(H,25,28). The van der Waals surface area contributed by atoms with Gasteiger partial charge in [-0.3, -0.25) is 4.79 Å².